The standard InChI is InChI=1S/C28H23ClN2O9S2/c1-3-39-27(34)20-15-18(10-11-21(20)29)30-25(32)16-31-26(33)24(41-28(31)35)14-17-9-12-22(23(13-17)38-2)40-42(36,37)19-7-5-4-6-8-19/h4-15H,3,16H2,1-2H3,(H,30,32)/b24-14-. The Morgan fingerprint density at radius 1 is 1.02 bits per heavy atom. The minimum Gasteiger partial charge on any atom is -0.493 e. The first-order valence-electron chi connectivity index (χ1n) is 12.2. The van der Waals surface area contributed by atoms with Crippen LogP contribution in [0.1, 0.15) is 22.8 Å². The molecule has 0 radical (unpaired) electrons. The number of esters is 1. The van der Waals surface area contributed by atoms with Crippen LogP contribution in [0.3, 0.4) is 0 Å². The lowest BCUT2D eigenvalue weighted by molar-refractivity contribution is -0.127. The Balaban J connectivity index is 1.46. The third-order valence-electron chi connectivity index (χ3n) is 5.64. The topological polar surface area (TPSA) is 145 Å². The predicted molar refractivity (Wildman–Crippen MR) is 156 cm³/mol. The number of carbonyl (C=O) groups excluding carboxylic acids is 4. The number of rotatable bonds is 10. The summed E-state index contributed by atoms with van der Waals surface area (Å²) in [6.45, 7) is 1.20. The molecule has 218 valence electrons. The molecule has 0 aliphatic carbocycles. The number of hydrogen-bond acceptors (Lipinski definition) is 10. The van der Waals surface area contributed by atoms with E-state index in [0.717, 1.165) is 4.90 Å². The maximum absolute atomic E-state index is 13.0. The van der Waals surface area contributed by atoms with E-state index in [9.17, 15) is 27.6 Å². The van der Waals surface area contributed by atoms with Crippen molar-refractivity contribution in [3.63, 3.8) is 0 Å². The first-order chi connectivity index (χ1) is 20.0. The van der Waals surface area contributed by atoms with Crippen LogP contribution in [0.25, 0.3) is 6.08 Å². The summed E-state index contributed by atoms with van der Waals surface area (Å²) in [7, 11) is -2.80. The van der Waals surface area contributed by atoms with E-state index < -0.39 is 39.7 Å². The number of ether oxygens (including phenoxy) is 2. The van der Waals surface area contributed by atoms with Crippen LogP contribution in [0, 0.1) is 0 Å². The fourth-order valence-corrected chi connectivity index (χ4v) is 5.69. The summed E-state index contributed by atoms with van der Waals surface area (Å²) in [6, 6.07) is 16.1. The van der Waals surface area contributed by atoms with Crippen LogP contribution in [0.2, 0.25) is 5.02 Å². The summed E-state index contributed by atoms with van der Waals surface area (Å²) in [5, 5.41) is 2.01. The lowest BCUT2D eigenvalue weighted by Crippen LogP contribution is -2.36. The van der Waals surface area contributed by atoms with Crippen LogP contribution in [-0.2, 0) is 24.4 Å². The van der Waals surface area contributed by atoms with Gasteiger partial charge in [-0.05, 0) is 72.8 Å². The number of benzene rings is 3. The summed E-state index contributed by atoms with van der Waals surface area (Å²) in [6.07, 6.45) is 1.41. The van der Waals surface area contributed by atoms with Gasteiger partial charge in [-0.3, -0.25) is 19.3 Å². The van der Waals surface area contributed by atoms with Crippen molar-refractivity contribution in [2.24, 2.45) is 0 Å². The van der Waals surface area contributed by atoms with Crippen LogP contribution < -0.4 is 14.2 Å². The molecule has 0 aromatic heterocycles. The molecule has 0 spiro atoms. The molecule has 1 saturated heterocycles. The molecule has 0 bridgehead atoms. The summed E-state index contributed by atoms with van der Waals surface area (Å²) in [5.41, 5.74) is 0.687. The van der Waals surface area contributed by atoms with Crippen molar-refractivity contribution in [2.75, 3.05) is 25.6 Å². The zero-order chi connectivity index (χ0) is 30.4. The molecule has 0 unspecified atom stereocenters. The minimum atomic E-state index is -4.12. The van der Waals surface area contributed by atoms with Gasteiger partial charge in [-0.2, -0.15) is 8.42 Å². The van der Waals surface area contributed by atoms with Gasteiger partial charge in [0.1, 0.15) is 11.4 Å². The van der Waals surface area contributed by atoms with Crippen LogP contribution in [-0.4, -0.2) is 56.6 Å². The van der Waals surface area contributed by atoms with Crippen LogP contribution in [0.5, 0.6) is 11.5 Å². The molecule has 4 rings (SSSR count). The second-order valence-corrected chi connectivity index (χ2v) is 11.4. The highest BCUT2D eigenvalue weighted by atomic mass is 35.5. The van der Waals surface area contributed by atoms with Gasteiger partial charge >= 0.3 is 16.1 Å². The molecule has 1 aliphatic rings. The van der Waals surface area contributed by atoms with E-state index in [4.69, 9.17) is 25.3 Å². The van der Waals surface area contributed by atoms with E-state index in [1.54, 1.807) is 25.1 Å². The lowest BCUT2D eigenvalue weighted by Gasteiger charge is -2.13. The van der Waals surface area contributed by atoms with E-state index in [1.165, 1.54) is 61.7 Å². The average molecular weight is 631 g/mol. The first-order valence-corrected chi connectivity index (χ1v) is 14.8. The van der Waals surface area contributed by atoms with Gasteiger partial charge in [-0.15, -0.1) is 0 Å². The molecule has 3 aromatic carbocycles. The Hall–Kier alpha value is -4.33. The Labute approximate surface area is 250 Å². The highest BCUT2D eigenvalue weighted by Crippen LogP contribution is 2.35. The van der Waals surface area contributed by atoms with Gasteiger partial charge in [0.15, 0.2) is 11.5 Å². The number of hydrogen-bond donors (Lipinski definition) is 1. The van der Waals surface area contributed by atoms with Crippen molar-refractivity contribution in [2.45, 2.75) is 11.8 Å². The van der Waals surface area contributed by atoms with E-state index in [-0.39, 0.29) is 44.2 Å². The van der Waals surface area contributed by atoms with Gasteiger partial charge in [-0.1, -0.05) is 35.9 Å². The molecule has 1 aliphatic heterocycles. The summed E-state index contributed by atoms with van der Waals surface area (Å²) in [5.74, 6) is -2.04. The second-order valence-electron chi connectivity index (χ2n) is 8.49. The molecule has 0 atom stereocenters. The fourth-order valence-electron chi connectivity index (χ4n) is 3.70. The van der Waals surface area contributed by atoms with Gasteiger partial charge in [0, 0.05) is 5.69 Å². The van der Waals surface area contributed by atoms with E-state index in [2.05, 4.69) is 5.32 Å². The smallest absolute Gasteiger partial charge is 0.339 e. The highest BCUT2D eigenvalue weighted by Gasteiger charge is 2.36. The summed E-state index contributed by atoms with van der Waals surface area (Å²) in [4.78, 5) is 51.0. The van der Waals surface area contributed by atoms with Gasteiger partial charge in [0.05, 0.1) is 29.2 Å². The number of carbonyl (C=O) groups is 4. The van der Waals surface area contributed by atoms with Crippen molar-refractivity contribution in [3.8, 4) is 11.5 Å². The van der Waals surface area contributed by atoms with Gasteiger partial charge in [-0.25, -0.2) is 4.79 Å². The molecular formula is C28H23ClN2O9S2. The largest absolute Gasteiger partial charge is 0.493 e. The molecule has 3 amide bonds. The Morgan fingerprint density at radius 2 is 1.76 bits per heavy atom. The van der Waals surface area contributed by atoms with E-state index >= 15 is 0 Å². The number of nitrogens with zero attached hydrogens (tertiary/aromatic N) is 1. The van der Waals surface area contributed by atoms with Crippen molar-refractivity contribution in [3.05, 3.63) is 87.8 Å². The highest BCUT2D eigenvalue weighted by molar-refractivity contribution is 8.18. The molecule has 11 nitrogen and oxygen atoms in total. The summed E-state index contributed by atoms with van der Waals surface area (Å²) >= 11 is 6.68. The van der Waals surface area contributed by atoms with Crippen molar-refractivity contribution in [1.82, 2.24) is 4.90 Å². The van der Waals surface area contributed by atoms with Crippen molar-refractivity contribution in [1.29, 1.82) is 0 Å². The van der Waals surface area contributed by atoms with Gasteiger partial charge in [0.25, 0.3) is 11.1 Å². The molecular weight excluding hydrogens is 608 g/mol. The maximum atomic E-state index is 13.0. The number of imide groups is 1. The van der Waals surface area contributed by atoms with Gasteiger partial charge < -0.3 is 19.0 Å². The number of methoxy groups -OCH3 is 1. The Bertz CT molecular complexity index is 1690. The molecule has 14 heteroatoms. The number of anilines is 1. The lowest BCUT2D eigenvalue weighted by atomic mass is 10.2. The van der Waals surface area contributed by atoms with Crippen LogP contribution in [0.15, 0.2) is 76.5 Å². The Morgan fingerprint density at radius 3 is 2.45 bits per heavy atom. The fraction of sp³-hybridized carbons (Fsp3) is 0.143. The minimum absolute atomic E-state index is 0.0376. The first kappa shape index (κ1) is 30.6. The third kappa shape index (κ3) is 7.11. The predicted octanol–water partition coefficient (Wildman–Crippen LogP) is 4.97. The molecule has 3 aromatic rings. The third-order valence-corrected chi connectivity index (χ3v) is 8.12. The molecule has 0 saturated carbocycles. The normalized spacial score (nSPS) is 14.2. The summed E-state index contributed by atoms with van der Waals surface area (Å²) < 4.78 is 40.7. The average Bonchev–Trinajstić information content (AvgIpc) is 3.22. The molecule has 1 fully saturated rings. The van der Waals surface area contributed by atoms with Crippen LogP contribution >= 0.6 is 23.4 Å². The zero-order valence-electron chi connectivity index (χ0n) is 22.2. The number of thioether (sulfide) groups is 1. The number of halogens is 1. The zero-order valence-corrected chi connectivity index (χ0v) is 24.5. The second kappa shape index (κ2) is 13.1. The maximum Gasteiger partial charge on any atom is 0.339 e. The van der Waals surface area contributed by atoms with Crippen molar-refractivity contribution >= 4 is 68.3 Å². The molecule has 1 N–H and O–H groups in total. The van der Waals surface area contributed by atoms with E-state index in [1.807, 2.05) is 0 Å². The Kier molecular flexibility index (Phi) is 9.55. The van der Waals surface area contributed by atoms with Crippen LogP contribution in [0.4, 0.5) is 10.5 Å². The van der Waals surface area contributed by atoms with Crippen molar-refractivity contribution < 1.29 is 41.3 Å². The monoisotopic (exact) mass is 630 g/mol. The van der Waals surface area contributed by atoms with Gasteiger partial charge in [0.2, 0.25) is 5.91 Å². The molecule has 42 heavy (non-hydrogen) atoms. The number of nitrogens with one attached hydrogen (secondary N) is 1. The SMILES string of the molecule is CCOC(=O)c1cc(NC(=O)CN2C(=O)S/C(=C\c3ccc(OS(=O)(=O)c4ccccc4)c(OC)c3)C2=O)ccc1Cl. The number of amides is 3. The molecule has 1 heterocycles. The quantitative estimate of drug-likeness (QED) is 0.185. The van der Waals surface area contributed by atoms with E-state index in [0.29, 0.717) is 17.3 Å².